The third-order valence-corrected chi connectivity index (χ3v) is 3.68. The van der Waals surface area contributed by atoms with Gasteiger partial charge in [0.25, 0.3) is 5.89 Å². The van der Waals surface area contributed by atoms with Crippen LogP contribution < -0.4 is 4.74 Å². The zero-order valence-corrected chi connectivity index (χ0v) is 12.7. The lowest BCUT2D eigenvalue weighted by molar-refractivity contribution is 0.414. The molecule has 23 heavy (non-hydrogen) atoms. The van der Waals surface area contributed by atoms with Crippen molar-refractivity contribution in [2.75, 3.05) is 7.11 Å². The summed E-state index contributed by atoms with van der Waals surface area (Å²) in [6.07, 6.45) is 0. The SMILES string of the molecule is COc1ccc2c(-c3ccccc3)c(-c3nnc(C)o3)oc2c1. The van der Waals surface area contributed by atoms with Crippen molar-refractivity contribution in [3.8, 4) is 28.5 Å². The molecule has 0 atom stereocenters. The van der Waals surface area contributed by atoms with Crippen LogP contribution in [0.1, 0.15) is 5.89 Å². The average Bonchev–Trinajstić information content (AvgIpc) is 3.18. The Labute approximate surface area is 132 Å². The highest BCUT2D eigenvalue weighted by Crippen LogP contribution is 2.41. The number of ether oxygens (including phenoxy) is 1. The largest absolute Gasteiger partial charge is 0.497 e. The zero-order chi connectivity index (χ0) is 15.8. The van der Waals surface area contributed by atoms with Crippen molar-refractivity contribution in [2.24, 2.45) is 0 Å². The maximum atomic E-state index is 6.02. The summed E-state index contributed by atoms with van der Waals surface area (Å²) in [5.74, 6) is 2.17. The van der Waals surface area contributed by atoms with Crippen LogP contribution in [0.5, 0.6) is 5.75 Å². The lowest BCUT2D eigenvalue weighted by Crippen LogP contribution is -1.82. The number of benzene rings is 2. The molecular formula is C18H14N2O3. The first-order valence-corrected chi connectivity index (χ1v) is 7.22. The van der Waals surface area contributed by atoms with Crippen LogP contribution in [0.4, 0.5) is 0 Å². The van der Waals surface area contributed by atoms with Crippen molar-refractivity contribution in [1.82, 2.24) is 10.2 Å². The molecule has 0 saturated carbocycles. The van der Waals surface area contributed by atoms with Gasteiger partial charge in [-0.25, -0.2) is 0 Å². The summed E-state index contributed by atoms with van der Waals surface area (Å²) >= 11 is 0. The van der Waals surface area contributed by atoms with Crippen molar-refractivity contribution in [1.29, 1.82) is 0 Å². The van der Waals surface area contributed by atoms with Gasteiger partial charge in [-0.2, -0.15) is 0 Å². The molecule has 0 fully saturated rings. The Balaban J connectivity index is 2.04. The molecule has 5 heteroatoms. The maximum absolute atomic E-state index is 6.02. The summed E-state index contributed by atoms with van der Waals surface area (Å²) in [7, 11) is 1.63. The van der Waals surface area contributed by atoms with E-state index in [1.54, 1.807) is 14.0 Å². The number of aromatic nitrogens is 2. The molecule has 5 nitrogen and oxygen atoms in total. The van der Waals surface area contributed by atoms with Gasteiger partial charge < -0.3 is 13.6 Å². The van der Waals surface area contributed by atoms with Crippen LogP contribution in [-0.2, 0) is 0 Å². The Morgan fingerprint density at radius 1 is 0.957 bits per heavy atom. The summed E-state index contributed by atoms with van der Waals surface area (Å²) in [6.45, 7) is 1.75. The van der Waals surface area contributed by atoms with E-state index in [-0.39, 0.29) is 0 Å². The van der Waals surface area contributed by atoms with E-state index in [2.05, 4.69) is 10.2 Å². The van der Waals surface area contributed by atoms with E-state index in [1.807, 2.05) is 48.5 Å². The number of aryl methyl sites for hydroxylation is 1. The fourth-order valence-electron chi connectivity index (χ4n) is 2.63. The number of fused-ring (bicyclic) bond motifs is 1. The smallest absolute Gasteiger partial charge is 0.284 e. The normalized spacial score (nSPS) is 11.0. The molecule has 2 aromatic heterocycles. The molecule has 114 valence electrons. The molecule has 0 saturated heterocycles. The first-order chi connectivity index (χ1) is 11.3. The van der Waals surface area contributed by atoms with Crippen molar-refractivity contribution in [3.63, 3.8) is 0 Å². The van der Waals surface area contributed by atoms with Crippen LogP contribution >= 0.6 is 0 Å². The number of nitrogens with zero attached hydrogens (tertiary/aromatic N) is 2. The van der Waals surface area contributed by atoms with E-state index in [9.17, 15) is 0 Å². The number of methoxy groups -OCH3 is 1. The summed E-state index contributed by atoms with van der Waals surface area (Å²) < 4.78 is 16.9. The van der Waals surface area contributed by atoms with Gasteiger partial charge in [-0.1, -0.05) is 30.3 Å². The highest BCUT2D eigenvalue weighted by atomic mass is 16.5. The molecule has 2 aromatic carbocycles. The third kappa shape index (κ3) is 2.26. The second-order valence-corrected chi connectivity index (χ2v) is 5.16. The fourth-order valence-corrected chi connectivity index (χ4v) is 2.63. The standard InChI is InChI=1S/C18H14N2O3/c1-11-19-20-18(22-11)17-16(12-6-4-3-5-7-12)14-9-8-13(21-2)10-15(14)23-17/h3-10H,1-2H3. The number of hydrogen-bond acceptors (Lipinski definition) is 5. The molecule has 0 aliphatic rings. The Bertz CT molecular complexity index is 971. The Kier molecular flexibility index (Phi) is 3.12. The van der Waals surface area contributed by atoms with Gasteiger partial charge in [-0.3, -0.25) is 0 Å². The molecular weight excluding hydrogens is 292 g/mol. The fraction of sp³-hybridized carbons (Fsp3) is 0.111. The topological polar surface area (TPSA) is 61.3 Å². The van der Waals surface area contributed by atoms with Crippen LogP contribution in [-0.4, -0.2) is 17.3 Å². The minimum absolute atomic E-state index is 0.372. The number of rotatable bonds is 3. The van der Waals surface area contributed by atoms with Gasteiger partial charge in [-0.15, -0.1) is 10.2 Å². The molecule has 0 bridgehead atoms. The van der Waals surface area contributed by atoms with Gasteiger partial charge >= 0.3 is 0 Å². The summed E-state index contributed by atoms with van der Waals surface area (Å²) in [6, 6.07) is 15.8. The molecule has 2 heterocycles. The minimum atomic E-state index is 0.372. The van der Waals surface area contributed by atoms with E-state index in [0.717, 1.165) is 22.3 Å². The van der Waals surface area contributed by atoms with E-state index in [1.165, 1.54) is 0 Å². The minimum Gasteiger partial charge on any atom is -0.497 e. The van der Waals surface area contributed by atoms with Crippen molar-refractivity contribution >= 4 is 11.0 Å². The average molecular weight is 306 g/mol. The lowest BCUT2D eigenvalue weighted by Gasteiger charge is -2.01. The molecule has 0 aliphatic heterocycles. The molecule has 4 aromatic rings. The van der Waals surface area contributed by atoms with Crippen molar-refractivity contribution in [3.05, 3.63) is 54.4 Å². The second kappa shape index (κ2) is 5.28. The van der Waals surface area contributed by atoms with Crippen LogP contribution in [0, 0.1) is 6.92 Å². The molecule has 0 unspecified atom stereocenters. The number of hydrogen-bond donors (Lipinski definition) is 0. The Morgan fingerprint density at radius 3 is 2.48 bits per heavy atom. The van der Waals surface area contributed by atoms with Crippen LogP contribution in [0.2, 0.25) is 0 Å². The lowest BCUT2D eigenvalue weighted by atomic mass is 10.0. The molecule has 4 rings (SSSR count). The summed E-state index contributed by atoms with van der Waals surface area (Å²) in [4.78, 5) is 0. The zero-order valence-electron chi connectivity index (χ0n) is 12.7. The van der Waals surface area contributed by atoms with Crippen molar-refractivity contribution < 1.29 is 13.6 Å². The van der Waals surface area contributed by atoms with Gasteiger partial charge in [0.2, 0.25) is 5.89 Å². The van der Waals surface area contributed by atoms with Crippen molar-refractivity contribution in [2.45, 2.75) is 6.92 Å². The van der Waals surface area contributed by atoms with Gasteiger partial charge in [0.05, 0.1) is 7.11 Å². The molecule has 0 radical (unpaired) electrons. The van der Waals surface area contributed by atoms with E-state index >= 15 is 0 Å². The monoisotopic (exact) mass is 306 g/mol. The summed E-state index contributed by atoms with van der Waals surface area (Å²) in [5.41, 5.74) is 2.68. The van der Waals surface area contributed by atoms with Crippen LogP contribution in [0.25, 0.3) is 33.7 Å². The Morgan fingerprint density at radius 2 is 1.78 bits per heavy atom. The molecule has 0 amide bonds. The molecule has 0 spiro atoms. The third-order valence-electron chi connectivity index (χ3n) is 3.68. The van der Waals surface area contributed by atoms with E-state index in [4.69, 9.17) is 13.6 Å². The van der Waals surface area contributed by atoms with Crippen LogP contribution in [0.3, 0.4) is 0 Å². The predicted molar refractivity (Wildman–Crippen MR) is 86.2 cm³/mol. The first-order valence-electron chi connectivity index (χ1n) is 7.22. The molecule has 0 N–H and O–H groups in total. The summed E-state index contributed by atoms with van der Waals surface area (Å²) in [5, 5.41) is 8.97. The van der Waals surface area contributed by atoms with Gasteiger partial charge in [0.15, 0.2) is 5.76 Å². The van der Waals surface area contributed by atoms with E-state index in [0.29, 0.717) is 23.1 Å². The highest BCUT2D eigenvalue weighted by Gasteiger charge is 2.22. The van der Waals surface area contributed by atoms with Crippen LogP contribution in [0.15, 0.2) is 57.4 Å². The van der Waals surface area contributed by atoms with Gasteiger partial charge in [0.1, 0.15) is 11.3 Å². The second-order valence-electron chi connectivity index (χ2n) is 5.16. The Hall–Kier alpha value is -3.08. The quantitative estimate of drug-likeness (QED) is 0.559. The predicted octanol–water partition coefficient (Wildman–Crippen LogP) is 4.47. The number of furan rings is 1. The maximum Gasteiger partial charge on any atom is 0.284 e. The molecule has 0 aliphatic carbocycles. The van der Waals surface area contributed by atoms with E-state index < -0.39 is 0 Å². The highest BCUT2D eigenvalue weighted by molar-refractivity contribution is 6.01. The first kappa shape index (κ1) is 13.6. The van der Waals surface area contributed by atoms with Gasteiger partial charge in [-0.05, 0) is 17.7 Å². The van der Waals surface area contributed by atoms with Gasteiger partial charge in [0, 0.05) is 23.9 Å².